The van der Waals surface area contributed by atoms with Crippen LogP contribution in [0.3, 0.4) is 0 Å². The Bertz CT molecular complexity index is 886. The Labute approximate surface area is 159 Å². The number of carbonyl (C=O) groups excluding carboxylic acids is 1. The van der Waals surface area contributed by atoms with Gasteiger partial charge in [0.15, 0.2) is 0 Å². The van der Waals surface area contributed by atoms with E-state index in [-0.39, 0.29) is 5.91 Å². The number of amides is 1. The number of carbonyl (C=O) groups is 1. The first-order valence-electron chi connectivity index (χ1n) is 8.94. The molecular formula is C18H25N5O3S. The average Bonchev–Trinajstić information content (AvgIpc) is 3.33. The van der Waals surface area contributed by atoms with Gasteiger partial charge in [-0.3, -0.25) is 9.48 Å². The number of aromatic nitrogens is 2. The van der Waals surface area contributed by atoms with Crippen LogP contribution < -0.4 is 10.6 Å². The highest BCUT2D eigenvalue weighted by molar-refractivity contribution is 7.89. The van der Waals surface area contributed by atoms with E-state index in [0.29, 0.717) is 24.5 Å². The monoisotopic (exact) mass is 391 g/mol. The van der Waals surface area contributed by atoms with Crippen molar-refractivity contribution in [3.63, 3.8) is 0 Å². The second-order valence-corrected chi connectivity index (χ2v) is 8.58. The summed E-state index contributed by atoms with van der Waals surface area (Å²) >= 11 is 0. The van der Waals surface area contributed by atoms with Gasteiger partial charge < -0.3 is 10.6 Å². The number of benzene rings is 1. The van der Waals surface area contributed by atoms with Crippen molar-refractivity contribution in [3.8, 4) is 0 Å². The summed E-state index contributed by atoms with van der Waals surface area (Å²) in [5.41, 5.74) is 1.62. The number of hydrogen-bond acceptors (Lipinski definition) is 5. The third kappa shape index (κ3) is 4.37. The summed E-state index contributed by atoms with van der Waals surface area (Å²) in [6.07, 6.45) is 5.26. The van der Waals surface area contributed by atoms with Gasteiger partial charge in [-0.25, -0.2) is 8.42 Å². The van der Waals surface area contributed by atoms with Crippen LogP contribution in [-0.2, 0) is 28.4 Å². The molecule has 1 amide bonds. The van der Waals surface area contributed by atoms with Crippen molar-refractivity contribution in [2.24, 2.45) is 7.05 Å². The van der Waals surface area contributed by atoms with Gasteiger partial charge in [0.25, 0.3) is 0 Å². The van der Waals surface area contributed by atoms with Crippen LogP contribution in [-0.4, -0.2) is 48.5 Å². The number of hydrogen-bond donors (Lipinski definition) is 2. The predicted octanol–water partition coefficient (Wildman–Crippen LogP) is 0.782. The molecule has 3 rings (SSSR count). The zero-order valence-electron chi connectivity index (χ0n) is 15.6. The molecule has 2 N–H and O–H groups in total. The molecule has 1 unspecified atom stereocenters. The summed E-state index contributed by atoms with van der Waals surface area (Å²) in [4.78, 5) is 12.7. The van der Waals surface area contributed by atoms with Gasteiger partial charge in [0.05, 0.1) is 11.1 Å². The molecule has 2 aromatic rings. The number of likely N-dealkylation sites (N-methyl/N-ethyl adjacent to an activating group) is 1. The molecule has 27 heavy (non-hydrogen) atoms. The van der Waals surface area contributed by atoms with Crippen LogP contribution in [0.25, 0.3) is 0 Å². The predicted molar refractivity (Wildman–Crippen MR) is 101 cm³/mol. The minimum Gasteiger partial charge on any atom is -0.350 e. The Morgan fingerprint density at radius 2 is 1.89 bits per heavy atom. The Kier molecular flexibility index (Phi) is 5.93. The highest BCUT2D eigenvalue weighted by Gasteiger charge is 2.27. The smallest absolute Gasteiger partial charge is 0.243 e. The van der Waals surface area contributed by atoms with Crippen molar-refractivity contribution in [1.82, 2.24) is 24.7 Å². The summed E-state index contributed by atoms with van der Waals surface area (Å²) in [5, 5.41) is 9.94. The lowest BCUT2D eigenvalue weighted by Gasteiger charge is -2.16. The molecule has 1 aliphatic rings. The maximum absolute atomic E-state index is 12.5. The van der Waals surface area contributed by atoms with Gasteiger partial charge in [-0.1, -0.05) is 12.1 Å². The lowest BCUT2D eigenvalue weighted by Crippen LogP contribution is -2.35. The van der Waals surface area contributed by atoms with Crippen molar-refractivity contribution in [3.05, 3.63) is 47.8 Å². The van der Waals surface area contributed by atoms with Crippen molar-refractivity contribution in [2.75, 3.05) is 20.1 Å². The molecule has 8 nitrogen and oxygen atoms in total. The third-order valence-electron chi connectivity index (χ3n) is 4.70. The molecule has 0 saturated carbocycles. The SMILES string of the molecule is CNC(C(=O)NCc1ccc(S(=O)(=O)N2CCCC2)cc1)c1cnn(C)c1. The number of nitrogens with one attached hydrogen (secondary N) is 2. The molecule has 1 saturated heterocycles. The first-order chi connectivity index (χ1) is 12.9. The molecule has 0 spiro atoms. The summed E-state index contributed by atoms with van der Waals surface area (Å²) in [6, 6.07) is 6.19. The van der Waals surface area contributed by atoms with Crippen molar-refractivity contribution >= 4 is 15.9 Å². The zero-order valence-corrected chi connectivity index (χ0v) is 16.4. The third-order valence-corrected chi connectivity index (χ3v) is 6.61. The van der Waals surface area contributed by atoms with Crippen LogP contribution in [0, 0.1) is 0 Å². The number of aryl methyl sites for hydroxylation is 1. The van der Waals surface area contributed by atoms with E-state index in [1.165, 1.54) is 4.31 Å². The molecule has 9 heteroatoms. The van der Waals surface area contributed by atoms with Gasteiger partial charge in [-0.2, -0.15) is 9.40 Å². The maximum atomic E-state index is 12.5. The molecule has 1 atom stereocenters. The standard InChI is InChI=1S/C18H25N5O3S/c1-19-17(15-12-21-22(2)13-15)18(24)20-11-14-5-7-16(8-6-14)27(25,26)23-9-3-4-10-23/h5-8,12-13,17,19H,3-4,9-11H2,1-2H3,(H,20,24). The molecule has 2 heterocycles. The van der Waals surface area contributed by atoms with E-state index in [4.69, 9.17) is 0 Å². The van der Waals surface area contributed by atoms with Crippen LogP contribution in [0.15, 0.2) is 41.6 Å². The van der Waals surface area contributed by atoms with E-state index >= 15 is 0 Å². The minimum absolute atomic E-state index is 0.167. The molecule has 1 aliphatic heterocycles. The number of rotatable bonds is 7. The van der Waals surface area contributed by atoms with E-state index in [1.807, 2.05) is 0 Å². The molecular weight excluding hydrogens is 366 g/mol. The Morgan fingerprint density at radius 1 is 1.22 bits per heavy atom. The summed E-state index contributed by atoms with van der Waals surface area (Å²) in [5.74, 6) is -0.167. The van der Waals surface area contributed by atoms with E-state index in [2.05, 4.69) is 15.7 Å². The highest BCUT2D eigenvalue weighted by Crippen LogP contribution is 2.21. The van der Waals surface area contributed by atoms with E-state index in [0.717, 1.165) is 24.0 Å². The first kappa shape index (κ1) is 19.5. The average molecular weight is 391 g/mol. The summed E-state index contributed by atoms with van der Waals surface area (Å²) in [7, 11) is 0.104. The van der Waals surface area contributed by atoms with Crippen LogP contribution in [0.4, 0.5) is 0 Å². The quantitative estimate of drug-likeness (QED) is 0.727. The molecule has 1 aromatic carbocycles. The lowest BCUT2D eigenvalue weighted by molar-refractivity contribution is -0.123. The van der Waals surface area contributed by atoms with Crippen molar-refractivity contribution in [1.29, 1.82) is 0 Å². The number of nitrogens with zero attached hydrogens (tertiary/aromatic N) is 3. The van der Waals surface area contributed by atoms with E-state index < -0.39 is 16.1 Å². The maximum Gasteiger partial charge on any atom is 0.243 e. The van der Waals surface area contributed by atoms with Gasteiger partial charge in [0.2, 0.25) is 15.9 Å². The van der Waals surface area contributed by atoms with Gasteiger partial charge in [-0.15, -0.1) is 0 Å². The second-order valence-electron chi connectivity index (χ2n) is 6.64. The fourth-order valence-electron chi connectivity index (χ4n) is 3.19. The van der Waals surface area contributed by atoms with Crippen LogP contribution in [0.1, 0.15) is 30.0 Å². The van der Waals surface area contributed by atoms with Gasteiger partial charge in [-0.05, 0) is 37.6 Å². The van der Waals surface area contributed by atoms with Gasteiger partial charge >= 0.3 is 0 Å². The van der Waals surface area contributed by atoms with Gasteiger partial charge in [0.1, 0.15) is 6.04 Å². The highest BCUT2D eigenvalue weighted by atomic mass is 32.2. The Hall–Kier alpha value is -2.23. The fraction of sp³-hybridized carbons (Fsp3) is 0.444. The second kappa shape index (κ2) is 8.20. The normalized spacial score (nSPS) is 16.4. The van der Waals surface area contributed by atoms with Crippen LogP contribution in [0.5, 0.6) is 0 Å². The molecule has 146 valence electrons. The lowest BCUT2D eigenvalue weighted by atomic mass is 10.1. The summed E-state index contributed by atoms with van der Waals surface area (Å²) < 4.78 is 28.2. The molecule has 0 aliphatic carbocycles. The molecule has 0 bridgehead atoms. The molecule has 0 radical (unpaired) electrons. The molecule has 1 fully saturated rings. The number of sulfonamides is 1. The topological polar surface area (TPSA) is 96.3 Å². The van der Waals surface area contributed by atoms with Crippen molar-refractivity contribution in [2.45, 2.75) is 30.3 Å². The fourth-order valence-corrected chi connectivity index (χ4v) is 4.70. The van der Waals surface area contributed by atoms with Crippen LogP contribution >= 0.6 is 0 Å². The Morgan fingerprint density at radius 3 is 2.44 bits per heavy atom. The Balaban J connectivity index is 1.62. The van der Waals surface area contributed by atoms with E-state index in [9.17, 15) is 13.2 Å². The van der Waals surface area contributed by atoms with Crippen LogP contribution in [0.2, 0.25) is 0 Å². The zero-order chi connectivity index (χ0) is 19.4. The minimum atomic E-state index is -3.41. The van der Waals surface area contributed by atoms with Gasteiger partial charge in [0, 0.05) is 38.4 Å². The van der Waals surface area contributed by atoms with E-state index in [1.54, 1.807) is 55.4 Å². The summed E-state index contributed by atoms with van der Waals surface area (Å²) in [6.45, 7) is 1.49. The van der Waals surface area contributed by atoms with Crippen molar-refractivity contribution < 1.29 is 13.2 Å². The molecule has 1 aromatic heterocycles. The first-order valence-corrected chi connectivity index (χ1v) is 10.4. The largest absolute Gasteiger partial charge is 0.350 e.